The summed E-state index contributed by atoms with van der Waals surface area (Å²) < 4.78 is 39.1. The minimum atomic E-state index is -3.79. The highest BCUT2D eigenvalue weighted by molar-refractivity contribution is 7.92. The van der Waals surface area contributed by atoms with E-state index in [1.807, 2.05) is 12.1 Å². The normalized spacial score (nSPS) is 11.3. The second-order valence-corrected chi connectivity index (χ2v) is 8.50. The van der Waals surface area contributed by atoms with E-state index in [2.05, 4.69) is 19.8 Å². The Hall–Kier alpha value is -3.72. The molecule has 0 fully saturated rings. The number of anilines is 1. The van der Waals surface area contributed by atoms with Gasteiger partial charge in [0.1, 0.15) is 5.75 Å². The molecule has 0 radical (unpaired) electrons. The van der Waals surface area contributed by atoms with E-state index < -0.39 is 10.0 Å². The summed E-state index contributed by atoms with van der Waals surface area (Å²) in [5.41, 5.74) is 2.67. The Balaban J connectivity index is 1.58. The molecule has 2 aromatic carbocycles. The number of aromatic nitrogens is 3. The van der Waals surface area contributed by atoms with Gasteiger partial charge in [0, 0.05) is 18.0 Å². The van der Waals surface area contributed by atoms with Gasteiger partial charge in [0.2, 0.25) is 11.7 Å². The van der Waals surface area contributed by atoms with Crippen LogP contribution in [0.1, 0.15) is 17.0 Å². The average molecular weight is 436 g/mol. The molecule has 0 aliphatic heterocycles. The van der Waals surface area contributed by atoms with Crippen molar-refractivity contribution in [2.24, 2.45) is 0 Å². The summed E-state index contributed by atoms with van der Waals surface area (Å²) in [6, 6.07) is 15.4. The third-order valence-corrected chi connectivity index (χ3v) is 6.05. The molecule has 0 amide bonds. The number of sulfonamides is 1. The smallest absolute Gasteiger partial charge is 0.261 e. The molecule has 2 aromatic heterocycles. The molecule has 9 heteroatoms. The minimum absolute atomic E-state index is 0.151. The van der Waals surface area contributed by atoms with Gasteiger partial charge in [0.25, 0.3) is 10.0 Å². The number of rotatable bonds is 7. The van der Waals surface area contributed by atoms with Gasteiger partial charge in [0.15, 0.2) is 0 Å². The highest BCUT2D eigenvalue weighted by Crippen LogP contribution is 2.26. The number of ether oxygens (including phenoxy) is 1. The van der Waals surface area contributed by atoms with E-state index in [0.29, 0.717) is 28.7 Å². The molecule has 158 valence electrons. The summed E-state index contributed by atoms with van der Waals surface area (Å²) in [7, 11) is -2.25. The lowest BCUT2D eigenvalue weighted by atomic mass is 10.1. The minimum Gasteiger partial charge on any atom is -0.496 e. The molecule has 0 unspecified atom stereocenters. The van der Waals surface area contributed by atoms with Crippen LogP contribution in [0.3, 0.4) is 0 Å². The van der Waals surface area contributed by atoms with Crippen molar-refractivity contribution in [3.05, 3.63) is 84.0 Å². The number of hydrogen-bond acceptors (Lipinski definition) is 7. The zero-order chi connectivity index (χ0) is 21.8. The number of nitrogens with zero attached hydrogens (tertiary/aromatic N) is 3. The van der Waals surface area contributed by atoms with Gasteiger partial charge in [-0.05, 0) is 54.4 Å². The van der Waals surface area contributed by atoms with Gasteiger partial charge >= 0.3 is 0 Å². The summed E-state index contributed by atoms with van der Waals surface area (Å²) in [6.45, 7) is 1.79. The highest BCUT2D eigenvalue weighted by atomic mass is 32.2. The van der Waals surface area contributed by atoms with Gasteiger partial charge in [-0.15, -0.1) is 0 Å². The van der Waals surface area contributed by atoms with Crippen LogP contribution in [-0.2, 0) is 16.4 Å². The molecule has 1 N–H and O–H groups in total. The van der Waals surface area contributed by atoms with Crippen molar-refractivity contribution in [2.75, 3.05) is 11.8 Å². The Labute approximate surface area is 180 Å². The first kappa shape index (κ1) is 20.5. The molecule has 31 heavy (non-hydrogen) atoms. The molecule has 4 aromatic rings. The van der Waals surface area contributed by atoms with Crippen LogP contribution < -0.4 is 9.46 Å². The van der Waals surface area contributed by atoms with Crippen LogP contribution in [0.5, 0.6) is 5.75 Å². The number of hydrogen-bond donors (Lipinski definition) is 1. The number of nitrogens with one attached hydrogen (secondary N) is 1. The first-order valence-corrected chi connectivity index (χ1v) is 10.9. The van der Waals surface area contributed by atoms with Crippen LogP contribution >= 0.6 is 0 Å². The predicted molar refractivity (Wildman–Crippen MR) is 115 cm³/mol. The highest BCUT2D eigenvalue weighted by Gasteiger charge is 2.18. The largest absolute Gasteiger partial charge is 0.496 e. The van der Waals surface area contributed by atoms with Crippen molar-refractivity contribution in [1.82, 2.24) is 15.1 Å². The number of para-hydroxylation sites is 1. The second kappa shape index (κ2) is 8.57. The van der Waals surface area contributed by atoms with Crippen LogP contribution in [0.4, 0.5) is 5.69 Å². The van der Waals surface area contributed by atoms with Crippen molar-refractivity contribution in [1.29, 1.82) is 0 Å². The maximum atomic E-state index is 12.9. The Morgan fingerprint density at radius 1 is 1.06 bits per heavy atom. The SMILES string of the molecule is COc1ccc(S(=O)(=O)Nc2ccccc2Cc2nc(-c3ccncc3)no2)cc1C. The zero-order valence-corrected chi connectivity index (χ0v) is 17.8. The van der Waals surface area contributed by atoms with E-state index in [9.17, 15) is 8.42 Å². The van der Waals surface area contributed by atoms with Gasteiger partial charge < -0.3 is 9.26 Å². The van der Waals surface area contributed by atoms with Gasteiger partial charge in [-0.1, -0.05) is 23.4 Å². The summed E-state index contributed by atoms with van der Waals surface area (Å²) in [5, 5.41) is 4.00. The maximum absolute atomic E-state index is 12.9. The summed E-state index contributed by atoms with van der Waals surface area (Å²) in [5.74, 6) is 1.45. The number of pyridine rings is 1. The lowest BCUT2D eigenvalue weighted by molar-refractivity contribution is 0.386. The van der Waals surface area contributed by atoms with Crippen LogP contribution in [0.25, 0.3) is 11.4 Å². The standard InChI is InChI=1S/C22H20N4O4S/c1-15-13-18(7-8-20(15)29-2)31(27,28)26-19-6-4-3-5-17(19)14-21-24-22(25-30-21)16-9-11-23-12-10-16/h3-13,26H,14H2,1-2H3. The molecular weight excluding hydrogens is 416 g/mol. The van der Waals surface area contributed by atoms with Gasteiger partial charge in [0.05, 0.1) is 24.1 Å². The van der Waals surface area contributed by atoms with Crippen molar-refractivity contribution in [3.8, 4) is 17.1 Å². The van der Waals surface area contributed by atoms with Crippen LogP contribution in [0.15, 0.2) is 76.4 Å². The Bertz CT molecular complexity index is 1300. The molecule has 8 nitrogen and oxygen atoms in total. The average Bonchev–Trinajstić information content (AvgIpc) is 3.24. The van der Waals surface area contributed by atoms with E-state index in [-0.39, 0.29) is 11.3 Å². The van der Waals surface area contributed by atoms with E-state index in [4.69, 9.17) is 9.26 Å². The molecule has 0 saturated heterocycles. The fourth-order valence-electron chi connectivity index (χ4n) is 3.10. The third kappa shape index (κ3) is 4.56. The van der Waals surface area contributed by atoms with E-state index in [0.717, 1.165) is 11.1 Å². The van der Waals surface area contributed by atoms with Crippen LogP contribution in [0.2, 0.25) is 0 Å². The monoisotopic (exact) mass is 436 g/mol. The van der Waals surface area contributed by atoms with E-state index in [1.54, 1.807) is 62.8 Å². The lowest BCUT2D eigenvalue weighted by Gasteiger charge is -2.13. The summed E-state index contributed by atoms with van der Waals surface area (Å²) in [6.07, 6.45) is 3.57. The first-order chi connectivity index (χ1) is 15.0. The van der Waals surface area contributed by atoms with Crippen molar-refractivity contribution < 1.29 is 17.7 Å². The quantitative estimate of drug-likeness (QED) is 0.469. The Kier molecular flexibility index (Phi) is 5.68. The third-order valence-electron chi connectivity index (χ3n) is 4.69. The Morgan fingerprint density at radius 2 is 1.84 bits per heavy atom. The number of benzene rings is 2. The topological polar surface area (TPSA) is 107 Å². The predicted octanol–water partition coefficient (Wildman–Crippen LogP) is 3.84. The Morgan fingerprint density at radius 3 is 2.58 bits per heavy atom. The molecule has 0 atom stereocenters. The molecule has 0 spiro atoms. The number of aryl methyl sites for hydroxylation is 1. The number of methoxy groups -OCH3 is 1. The molecule has 0 aliphatic rings. The molecular formula is C22H20N4O4S. The lowest BCUT2D eigenvalue weighted by Crippen LogP contribution is -2.14. The van der Waals surface area contributed by atoms with Crippen molar-refractivity contribution in [3.63, 3.8) is 0 Å². The molecule has 0 saturated carbocycles. The van der Waals surface area contributed by atoms with E-state index in [1.165, 1.54) is 6.07 Å². The van der Waals surface area contributed by atoms with Gasteiger partial charge in [-0.3, -0.25) is 9.71 Å². The molecule has 0 bridgehead atoms. The van der Waals surface area contributed by atoms with Crippen LogP contribution in [-0.4, -0.2) is 30.7 Å². The first-order valence-electron chi connectivity index (χ1n) is 9.44. The molecule has 0 aliphatic carbocycles. The van der Waals surface area contributed by atoms with Crippen molar-refractivity contribution in [2.45, 2.75) is 18.2 Å². The molecule has 4 rings (SSSR count). The van der Waals surface area contributed by atoms with E-state index >= 15 is 0 Å². The summed E-state index contributed by atoms with van der Waals surface area (Å²) >= 11 is 0. The van der Waals surface area contributed by atoms with Crippen LogP contribution in [0, 0.1) is 6.92 Å². The fourth-order valence-corrected chi connectivity index (χ4v) is 4.29. The molecule has 2 heterocycles. The second-order valence-electron chi connectivity index (χ2n) is 6.82. The van der Waals surface area contributed by atoms with Gasteiger partial charge in [-0.2, -0.15) is 4.98 Å². The van der Waals surface area contributed by atoms with Gasteiger partial charge in [-0.25, -0.2) is 8.42 Å². The zero-order valence-electron chi connectivity index (χ0n) is 16.9. The maximum Gasteiger partial charge on any atom is 0.261 e. The fraction of sp³-hybridized carbons (Fsp3) is 0.136. The summed E-state index contributed by atoms with van der Waals surface area (Å²) in [4.78, 5) is 8.53. The van der Waals surface area contributed by atoms with Crippen molar-refractivity contribution >= 4 is 15.7 Å².